The van der Waals surface area contributed by atoms with Crippen LogP contribution in [0.3, 0.4) is 0 Å². The molecule has 5 nitrogen and oxygen atoms in total. The van der Waals surface area contributed by atoms with Crippen LogP contribution in [-0.2, 0) is 24.4 Å². The Labute approximate surface area is 185 Å². The predicted octanol–water partition coefficient (Wildman–Crippen LogP) is 4.12. The van der Waals surface area contributed by atoms with Gasteiger partial charge in [0.05, 0.1) is 18.2 Å². The van der Waals surface area contributed by atoms with E-state index in [-0.39, 0.29) is 30.6 Å². The van der Waals surface area contributed by atoms with Crippen molar-refractivity contribution in [3.8, 4) is 6.07 Å². The van der Waals surface area contributed by atoms with Gasteiger partial charge in [0, 0.05) is 20.1 Å². The first-order chi connectivity index (χ1) is 13.4. The maximum atomic E-state index is 12.1. The van der Waals surface area contributed by atoms with Crippen molar-refractivity contribution < 1.29 is 17.9 Å². The first-order valence-electron chi connectivity index (χ1n) is 8.55. The number of aliphatic imine (C=N–C) groups is 1. The van der Waals surface area contributed by atoms with Gasteiger partial charge in [-0.2, -0.15) is 18.4 Å². The number of nitrogens with one attached hydrogen (secondary N) is 2. The Hall–Kier alpha value is -2.32. The normalized spacial score (nSPS) is 11.3. The molecule has 0 fully saturated rings. The minimum Gasteiger partial charge on any atom is -0.367 e. The molecule has 0 aliphatic carbocycles. The standard InChI is InChI=1S/C20H21F3N4O.HI/c1-25-19(27-12-18-4-2-3-17(9-18)10-24)26-11-15-5-7-16(8-6-15)13-28-14-20(21,22)23;/h2-9H,11-14H2,1H3,(H2,25,26,27);1H. The van der Waals surface area contributed by atoms with Gasteiger partial charge >= 0.3 is 6.18 Å². The van der Waals surface area contributed by atoms with Crippen LogP contribution < -0.4 is 10.6 Å². The van der Waals surface area contributed by atoms with E-state index in [1.54, 1.807) is 31.3 Å². The van der Waals surface area contributed by atoms with Crippen molar-refractivity contribution in [3.63, 3.8) is 0 Å². The third kappa shape index (κ3) is 9.62. The molecule has 2 N–H and O–H groups in total. The van der Waals surface area contributed by atoms with Crippen LogP contribution in [0.5, 0.6) is 0 Å². The Balaban J connectivity index is 0.00000420. The van der Waals surface area contributed by atoms with Crippen LogP contribution in [-0.4, -0.2) is 25.8 Å². The van der Waals surface area contributed by atoms with E-state index in [0.717, 1.165) is 11.1 Å². The van der Waals surface area contributed by atoms with Crippen molar-refractivity contribution in [1.29, 1.82) is 5.26 Å². The summed E-state index contributed by atoms with van der Waals surface area (Å²) < 4.78 is 40.9. The van der Waals surface area contributed by atoms with E-state index in [1.807, 2.05) is 24.3 Å². The van der Waals surface area contributed by atoms with Crippen molar-refractivity contribution in [2.24, 2.45) is 4.99 Å². The van der Waals surface area contributed by atoms with Crippen molar-refractivity contribution >= 4 is 29.9 Å². The monoisotopic (exact) mass is 518 g/mol. The number of hydrogen-bond donors (Lipinski definition) is 2. The minimum absolute atomic E-state index is 0. The summed E-state index contributed by atoms with van der Waals surface area (Å²) in [5.74, 6) is 0.597. The fraction of sp³-hybridized carbons (Fsp3) is 0.300. The predicted molar refractivity (Wildman–Crippen MR) is 116 cm³/mol. The van der Waals surface area contributed by atoms with Gasteiger partial charge in [0.2, 0.25) is 0 Å². The summed E-state index contributed by atoms with van der Waals surface area (Å²) in [6.45, 7) is -0.319. The average molecular weight is 518 g/mol. The average Bonchev–Trinajstić information content (AvgIpc) is 2.68. The molecule has 0 aliphatic heterocycles. The Kier molecular flexibility index (Phi) is 10.5. The van der Waals surface area contributed by atoms with Crippen LogP contribution in [0.25, 0.3) is 0 Å². The lowest BCUT2D eigenvalue weighted by molar-refractivity contribution is -0.176. The van der Waals surface area contributed by atoms with Crippen LogP contribution in [0.2, 0.25) is 0 Å². The zero-order valence-electron chi connectivity index (χ0n) is 15.8. The molecule has 0 saturated carbocycles. The van der Waals surface area contributed by atoms with E-state index in [2.05, 4.69) is 26.4 Å². The van der Waals surface area contributed by atoms with E-state index >= 15 is 0 Å². The molecule has 0 bridgehead atoms. The summed E-state index contributed by atoms with van der Waals surface area (Å²) in [5, 5.41) is 15.3. The second-order valence-corrected chi connectivity index (χ2v) is 6.02. The van der Waals surface area contributed by atoms with Crippen molar-refractivity contribution in [2.75, 3.05) is 13.7 Å². The van der Waals surface area contributed by atoms with Gasteiger partial charge in [0.25, 0.3) is 0 Å². The molecule has 0 unspecified atom stereocenters. The zero-order valence-corrected chi connectivity index (χ0v) is 18.1. The van der Waals surface area contributed by atoms with Crippen molar-refractivity contribution in [1.82, 2.24) is 10.6 Å². The van der Waals surface area contributed by atoms with E-state index in [9.17, 15) is 13.2 Å². The minimum atomic E-state index is -4.32. The van der Waals surface area contributed by atoms with Gasteiger partial charge in [0.1, 0.15) is 6.61 Å². The first-order valence-corrected chi connectivity index (χ1v) is 8.55. The van der Waals surface area contributed by atoms with Gasteiger partial charge in [-0.1, -0.05) is 36.4 Å². The second-order valence-electron chi connectivity index (χ2n) is 6.02. The fourth-order valence-electron chi connectivity index (χ4n) is 2.38. The number of ether oxygens (including phenoxy) is 1. The number of rotatable bonds is 7. The number of hydrogen-bond acceptors (Lipinski definition) is 3. The maximum Gasteiger partial charge on any atom is 0.411 e. The molecule has 2 aromatic rings. The van der Waals surface area contributed by atoms with Gasteiger partial charge in [-0.15, -0.1) is 24.0 Å². The number of nitriles is 1. The zero-order chi connectivity index (χ0) is 20.4. The molecule has 0 spiro atoms. The maximum absolute atomic E-state index is 12.1. The molecule has 156 valence electrons. The van der Waals surface area contributed by atoms with Gasteiger partial charge in [0.15, 0.2) is 5.96 Å². The topological polar surface area (TPSA) is 69.4 Å². The van der Waals surface area contributed by atoms with E-state index in [0.29, 0.717) is 30.2 Å². The highest BCUT2D eigenvalue weighted by Crippen LogP contribution is 2.15. The number of benzene rings is 2. The van der Waals surface area contributed by atoms with Crippen LogP contribution in [0.1, 0.15) is 22.3 Å². The molecular formula is C20H22F3IN4O. The van der Waals surface area contributed by atoms with Crippen LogP contribution in [0.4, 0.5) is 13.2 Å². The number of alkyl halides is 3. The molecule has 0 aromatic heterocycles. The molecule has 0 amide bonds. The summed E-state index contributed by atoms with van der Waals surface area (Å²) in [6.07, 6.45) is -4.32. The van der Waals surface area contributed by atoms with Crippen LogP contribution in [0.15, 0.2) is 53.5 Å². The van der Waals surface area contributed by atoms with E-state index in [4.69, 9.17) is 5.26 Å². The van der Waals surface area contributed by atoms with Crippen molar-refractivity contribution in [3.05, 3.63) is 70.8 Å². The summed E-state index contributed by atoms with van der Waals surface area (Å²) in [6, 6.07) is 16.5. The van der Waals surface area contributed by atoms with Crippen molar-refractivity contribution in [2.45, 2.75) is 25.9 Å². The van der Waals surface area contributed by atoms with Gasteiger partial charge < -0.3 is 15.4 Å². The molecule has 0 aliphatic rings. The lowest BCUT2D eigenvalue weighted by Gasteiger charge is -2.13. The molecule has 0 atom stereocenters. The summed E-state index contributed by atoms with van der Waals surface area (Å²) >= 11 is 0. The first kappa shape index (κ1) is 24.7. The molecule has 2 rings (SSSR count). The Morgan fingerprint density at radius 1 is 1.03 bits per heavy atom. The molecule has 29 heavy (non-hydrogen) atoms. The molecule has 0 saturated heterocycles. The number of nitrogens with zero attached hydrogens (tertiary/aromatic N) is 2. The van der Waals surface area contributed by atoms with E-state index in [1.165, 1.54) is 0 Å². The van der Waals surface area contributed by atoms with Crippen LogP contribution >= 0.6 is 24.0 Å². The lowest BCUT2D eigenvalue weighted by atomic mass is 10.1. The summed E-state index contributed by atoms with van der Waals surface area (Å²) in [4.78, 5) is 4.14. The fourth-order valence-corrected chi connectivity index (χ4v) is 2.38. The number of guanidine groups is 1. The molecular weight excluding hydrogens is 496 g/mol. The Morgan fingerprint density at radius 3 is 2.24 bits per heavy atom. The highest BCUT2D eigenvalue weighted by Gasteiger charge is 2.27. The number of halogens is 4. The Bertz CT molecular complexity index is 833. The van der Waals surface area contributed by atoms with Crippen LogP contribution in [0, 0.1) is 11.3 Å². The summed E-state index contributed by atoms with van der Waals surface area (Å²) in [7, 11) is 1.65. The molecule has 0 heterocycles. The third-order valence-electron chi connectivity index (χ3n) is 3.76. The second kappa shape index (κ2) is 12.3. The quantitative estimate of drug-likeness (QED) is 0.329. The van der Waals surface area contributed by atoms with E-state index < -0.39 is 12.8 Å². The molecule has 2 aromatic carbocycles. The highest BCUT2D eigenvalue weighted by atomic mass is 127. The largest absolute Gasteiger partial charge is 0.411 e. The smallest absolute Gasteiger partial charge is 0.367 e. The third-order valence-corrected chi connectivity index (χ3v) is 3.76. The molecule has 0 radical (unpaired) electrons. The molecule has 9 heteroatoms. The Morgan fingerprint density at radius 2 is 1.66 bits per heavy atom. The highest BCUT2D eigenvalue weighted by molar-refractivity contribution is 14.0. The SMILES string of the molecule is CN=C(NCc1ccc(COCC(F)(F)F)cc1)NCc1cccc(C#N)c1.I. The lowest BCUT2D eigenvalue weighted by Crippen LogP contribution is -2.36. The summed E-state index contributed by atoms with van der Waals surface area (Å²) in [5.41, 5.74) is 3.19. The van der Waals surface area contributed by atoms with Gasteiger partial charge in [-0.05, 0) is 28.8 Å². The van der Waals surface area contributed by atoms with Gasteiger partial charge in [-0.3, -0.25) is 4.99 Å². The van der Waals surface area contributed by atoms with Gasteiger partial charge in [-0.25, -0.2) is 0 Å².